The summed E-state index contributed by atoms with van der Waals surface area (Å²) in [4.78, 5) is 12.4. The van der Waals surface area contributed by atoms with Crippen LogP contribution >= 0.6 is 0 Å². The molecule has 1 fully saturated rings. The van der Waals surface area contributed by atoms with E-state index in [1.807, 2.05) is 18.2 Å². The lowest BCUT2D eigenvalue weighted by Crippen LogP contribution is -2.38. The summed E-state index contributed by atoms with van der Waals surface area (Å²) in [5.74, 6) is 1.29. The van der Waals surface area contributed by atoms with Crippen LogP contribution in [-0.4, -0.2) is 20.3 Å². The van der Waals surface area contributed by atoms with E-state index in [0.29, 0.717) is 22.7 Å². The second-order valence-corrected chi connectivity index (χ2v) is 5.92. The minimum Gasteiger partial charge on any atom is -0.493 e. The molecule has 1 saturated carbocycles. The average Bonchev–Trinajstić information content (AvgIpc) is 3.41. The molecule has 1 aliphatic carbocycles. The SMILES string of the molecule is COc1ccc(C2(NC(=O)Nc3cccc(C#N)c3)CC2)cc1OC. The number of carbonyl (C=O) groups excluding carboxylic acids is 1. The van der Waals surface area contributed by atoms with Crippen molar-refractivity contribution in [2.45, 2.75) is 18.4 Å². The molecule has 2 amide bonds. The third-order valence-corrected chi connectivity index (χ3v) is 4.29. The van der Waals surface area contributed by atoms with Crippen LogP contribution in [-0.2, 0) is 5.54 Å². The van der Waals surface area contributed by atoms with Gasteiger partial charge in [-0.05, 0) is 48.7 Å². The fraction of sp³-hybridized carbons (Fsp3) is 0.263. The number of amides is 2. The Balaban J connectivity index is 1.73. The van der Waals surface area contributed by atoms with E-state index >= 15 is 0 Å². The van der Waals surface area contributed by atoms with Crippen LogP contribution in [0.2, 0.25) is 0 Å². The van der Waals surface area contributed by atoms with E-state index in [2.05, 4.69) is 16.7 Å². The van der Waals surface area contributed by atoms with E-state index in [1.165, 1.54) is 0 Å². The lowest BCUT2D eigenvalue weighted by Gasteiger charge is -2.20. The van der Waals surface area contributed by atoms with Gasteiger partial charge in [-0.3, -0.25) is 0 Å². The van der Waals surface area contributed by atoms with Gasteiger partial charge in [-0.1, -0.05) is 12.1 Å². The van der Waals surface area contributed by atoms with Gasteiger partial charge >= 0.3 is 6.03 Å². The van der Waals surface area contributed by atoms with Crippen LogP contribution in [0.5, 0.6) is 11.5 Å². The normalized spacial score (nSPS) is 14.1. The maximum Gasteiger partial charge on any atom is 0.319 e. The number of nitriles is 1. The highest BCUT2D eigenvalue weighted by molar-refractivity contribution is 5.90. The van der Waals surface area contributed by atoms with Crippen molar-refractivity contribution < 1.29 is 14.3 Å². The monoisotopic (exact) mass is 337 g/mol. The van der Waals surface area contributed by atoms with Crippen molar-refractivity contribution in [3.63, 3.8) is 0 Å². The third-order valence-electron chi connectivity index (χ3n) is 4.29. The first kappa shape index (κ1) is 16.7. The molecule has 2 aromatic carbocycles. The molecule has 0 bridgehead atoms. The van der Waals surface area contributed by atoms with Crippen molar-refractivity contribution in [3.05, 3.63) is 53.6 Å². The first-order valence-corrected chi connectivity index (χ1v) is 7.92. The molecule has 1 aliphatic rings. The summed E-state index contributed by atoms with van der Waals surface area (Å²) in [6, 6.07) is 14.2. The van der Waals surface area contributed by atoms with Gasteiger partial charge in [-0.25, -0.2) is 4.79 Å². The predicted molar refractivity (Wildman–Crippen MR) is 93.8 cm³/mol. The quantitative estimate of drug-likeness (QED) is 0.876. The summed E-state index contributed by atoms with van der Waals surface area (Å²) in [5.41, 5.74) is 1.67. The van der Waals surface area contributed by atoms with Crippen LogP contribution < -0.4 is 20.1 Å². The molecule has 0 unspecified atom stereocenters. The zero-order chi connectivity index (χ0) is 17.9. The largest absolute Gasteiger partial charge is 0.493 e. The Morgan fingerprint density at radius 2 is 1.88 bits per heavy atom. The standard InChI is InChI=1S/C19H19N3O3/c1-24-16-7-6-14(11-17(16)25-2)19(8-9-19)22-18(23)21-15-5-3-4-13(10-15)12-20/h3-7,10-11H,8-9H2,1-2H3,(H2,21,22,23). The highest BCUT2D eigenvalue weighted by Crippen LogP contribution is 2.47. The molecule has 0 radical (unpaired) electrons. The fourth-order valence-corrected chi connectivity index (χ4v) is 2.79. The van der Waals surface area contributed by atoms with Gasteiger partial charge < -0.3 is 20.1 Å². The number of nitrogens with one attached hydrogen (secondary N) is 2. The summed E-state index contributed by atoms with van der Waals surface area (Å²) >= 11 is 0. The number of hydrogen-bond donors (Lipinski definition) is 2. The second-order valence-electron chi connectivity index (χ2n) is 5.92. The molecule has 3 rings (SSSR count). The van der Waals surface area contributed by atoms with E-state index in [0.717, 1.165) is 18.4 Å². The number of urea groups is 1. The molecule has 0 spiro atoms. The number of nitrogens with zero attached hydrogens (tertiary/aromatic N) is 1. The summed E-state index contributed by atoms with van der Waals surface area (Å²) in [5, 5.41) is 14.7. The van der Waals surface area contributed by atoms with E-state index in [4.69, 9.17) is 14.7 Å². The van der Waals surface area contributed by atoms with Crippen LogP contribution in [0, 0.1) is 11.3 Å². The number of carbonyl (C=O) groups is 1. The Labute approximate surface area is 146 Å². The maximum atomic E-state index is 12.4. The Bertz CT molecular complexity index is 838. The van der Waals surface area contributed by atoms with Crippen LogP contribution in [0.3, 0.4) is 0 Å². The second kappa shape index (κ2) is 6.73. The highest BCUT2D eigenvalue weighted by atomic mass is 16.5. The molecule has 2 aromatic rings. The van der Waals surface area contributed by atoms with Gasteiger partial charge in [0, 0.05) is 5.69 Å². The summed E-state index contributed by atoms with van der Waals surface area (Å²) < 4.78 is 10.6. The molecular weight excluding hydrogens is 318 g/mol. The molecule has 6 heteroatoms. The van der Waals surface area contributed by atoms with Gasteiger partial charge in [0.1, 0.15) is 0 Å². The van der Waals surface area contributed by atoms with Gasteiger partial charge in [0.15, 0.2) is 11.5 Å². The van der Waals surface area contributed by atoms with Crippen molar-refractivity contribution in [2.24, 2.45) is 0 Å². The Kier molecular flexibility index (Phi) is 4.48. The third kappa shape index (κ3) is 3.50. The molecule has 0 heterocycles. The summed E-state index contributed by atoms with van der Waals surface area (Å²) in [6.45, 7) is 0. The van der Waals surface area contributed by atoms with Crippen LogP contribution in [0.1, 0.15) is 24.0 Å². The minimum absolute atomic E-state index is 0.303. The van der Waals surface area contributed by atoms with Gasteiger partial charge in [-0.2, -0.15) is 5.26 Å². The maximum absolute atomic E-state index is 12.4. The Morgan fingerprint density at radius 1 is 1.12 bits per heavy atom. The van der Waals surface area contributed by atoms with E-state index in [9.17, 15) is 4.79 Å². The topological polar surface area (TPSA) is 83.4 Å². The minimum atomic E-state index is -0.392. The zero-order valence-electron chi connectivity index (χ0n) is 14.1. The number of rotatable bonds is 5. The van der Waals surface area contributed by atoms with E-state index in [1.54, 1.807) is 38.5 Å². The average molecular weight is 337 g/mol. The number of hydrogen-bond acceptors (Lipinski definition) is 4. The number of anilines is 1. The smallest absolute Gasteiger partial charge is 0.319 e. The predicted octanol–water partition coefficient (Wildman–Crippen LogP) is 3.39. The lowest BCUT2D eigenvalue weighted by atomic mass is 10.0. The molecule has 0 atom stereocenters. The van der Waals surface area contributed by atoms with Crippen molar-refractivity contribution in [1.82, 2.24) is 5.32 Å². The molecule has 0 aromatic heterocycles. The molecular formula is C19H19N3O3. The van der Waals surface area contributed by atoms with Crippen molar-refractivity contribution >= 4 is 11.7 Å². The summed E-state index contributed by atoms with van der Waals surface area (Å²) in [6.07, 6.45) is 1.71. The van der Waals surface area contributed by atoms with Crippen molar-refractivity contribution in [2.75, 3.05) is 19.5 Å². The highest BCUT2D eigenvalue weighted by Gasteiger charge is 2.46. The number of ether oxygens (including phenoxy) is 2. The van der Waals surface area contributed by atoms with Gasteiger partial charge in [0.2, 0.25) is 0 Å². The first-order chi connectivity index (χ1) is 12.1. The fourth-order valence-electron chi connectivity index (χ4n) is 2.79. The molecule has 25 heavy (non-hydrogen) atoms. The first-order valence-electron chi connectivity index (χ1n) is 7.92. The van der Waals surface area contributed by atoms with Gasteiger partial charge in [0.05, 0.1) is 31.4 Å². The molecule has 6 nitrogen and oxygen atoms in total. The van der Waals surface area contributed by atoms with Crippen LogP contribution in [0.25, 0.3) is 0 Å². The zero-order valence-corrected chi connectivity index (χ0v) is 14.1. The Hall–Kier alpha value is -3.20. The van der Waals surface area contributed by atoms with Gasteiger partial charge in [0.25, 0.3) is 0 Å². The lowest BCUT2D eigenvalue weighted by molar-refractivity contribution is 0.247. The molecule has 2 N–H and O–H groups in total. The Morgan fingerprint density at radius 3 is 2.52 bits per heavy atom. The molecule has 128 valence electrons. The summed E-state index contributed by atoms with van der Waals surface area (Å²) in [7, 11) is 3.18. The number of benzene rings is 2. The van der Waals surface area contributed by atoms with Gasteiger partial charge in [-0.15, -0.1) is 0 Å². The van der Waals surface area contributed by atoms with Crippen molar-refractivity contribution in [3.8, 4) is 17.6 Å². The van der Waals surface area contributed by atoms with E-state index < -0.39 is 5.54 Å². The van der Waals surface area contributed by atoms with Crippen LogP contribution in [0.4, 0.5) is 10.5 Å². The van der Waals surface area contributed by atoms with Crippen molar-refractivity contribution in [1.29, 1.82) is 5.26 Å². The molecule has 0 aliphatic heterocycles. The van der Waals surface area contributed by atoms with E-state index in [-0.39, 0.29) is 6.03 Å². The number of methoxy groups -OCH3 is 2. The van der Waals surface area contributed by atoms with Crippen LogP contribution in [0.15, 0.2) is 42.5 Å². The molecule has 0 saturated heterocycles.